The van der Waals surface area contributed by atoms with Gasteiger partial charge in [-0.15, -0.1) is 18.3 Å². The number of nitrogens with one attached hydrogen (secondary N) is 2. The van der Waals surface area contributed by atoms with E-state index >= 15 is 0 Å². The lowest BCUT2D eigenvalue weighted by molar-refractivity contribution is -0.147. The smallest absolute Gasteiger partial charge is 0.407 e. The summed E-state index contributed by atoms with van der Waals surface area (Å²) in [4.78, 5) is 42.3. The number of carbonyl (C=O) groups excluding carboxylic acids is 3. The molecule has 5 rings (SSSR count). The number of aryl methyl sites for hydroxylation is 2. The Morgan fingerprint density at radius 1 is 1.13 bits per heavy atom. The maximum absolute atomic E-state index is 14.0. The molecule has 3 amide bonds. The van der Waals surface area contributed by atoms with Crippen molar-refractivity contribution < 1.29 is 33.7 Å². The number of carbonyl (C=O) groups is 3. The lowest BCUT2D eigenvalue weighted by Gasteiger charge is -2.33. The first-order valence-corrected chi connectivity index (χ1v) is 16.8. The number of hydrogen-bond donors (Lipinski definition) is 3. The largest absolute Gasteiger partial charge is 0.443 e. The average molecular weight is 652 g/mol. The highest BCUT2D eigenvalue weighted by atomic mass is 32.2. The maximum atomic E-state index is 14.0. The quantitative estimate of drug-likeness (QED) is 0.314. The van der Waals surface area contributed by atoms with Gasteiger partial charge in [0.05, 0.1) is 31.1 Å². The van der Waals surface area contributed by atoms with Crippen LogP contribution in [0.1, 0.15) is 48.1 Å². The van der Waals surface area contributed by atoms with Crippen molar-refractivity contribution in [2.45, 2.75) is 88.8 Å². The number of amides is 3. The average Bonchev–Trinajstić information content (AvgIpc) is 3.72. The van der Waals surface area contributed by atoms with Gasteiger partial charge in [-0.25, -0.2) is 4.79 Å². The van der Waals surface area contributed by atoms with Crippen molar-refractivity contribution >= 4 is 29.7 Å². The van der Waals surface area contributed by atoms with Crippen LogP contribution in [0.5, 0.6) is 0 Å². The Kier molecular flexibility index (Phi) is 10.8. The molecule has 3 saturated heterocycles. The molecule has 2 aromatic carbocycles. The number of aliphatic hydroxyl groups excluding tert-OH is 1. The monoisotopic (exact) mass is 651 g/mol. The first-order chi connectivity index (χ1) is 22.0. The topological polar surface area (TPSA) is 126 Å². The highest BCUT2D eigenvalue weighted by Crippen LogP contribution is 2.40. The summed E-state index contributed by atoms with van der Waals surface area (Å²) in [5.74, 6) is -0.762. The summed E-state index contributed by atoms with van der Waals surface area (Å²) in [6, 6.07) is 11.8. The summed E-state index contributed by atoms with van der Waals surface area (Å²) in [5, 5.41) is 17.4. The molecule has 3 aliphatic heterocycles. The molecule has 6 atom stereocenters. The molecule has 0 spiro atoms. The lowest BCUT2D eigenvalue weighted by atomic mass is 9.96. The number of thioether (sulfide) groups is 1. The Morgan fingerprint density at radius 2 is 1.83 bits per heavy atom. The number of rotatable bonds is 11. The fourth-order valence-corrected chi connectivity index (χ4v) is 7.64. The predicted octanol–water partition coefficient (Wildman–Crippen LogP) is 3.79. The van der Waals surface area contributed by atoms with Crippen LogP contribution in [0.15, 0.2) is 55.1 Å². The molecule has 0 unspecified atom stereocenters. The second-order valence-electron chi connectivity index (χ2n) is 12.9. The second-order valence-corrected chi connectivity index (χ2v) is 14.5. The number of ether oxygens (including phenoxy) is 3. The van der Waals surface area contributed by atoms with Crippen LogP contribution in [-0.2, 0) is 43.2 Å². The van der Waals surface area contributed by atoms with Crippen LogP contribution in [0.3, 0.4) is 0 Å². The highest BCUT2D eigenvalue weighted by Gasteiger charge is 2.50. The molecule has 3 fully saturated rings. The van der Waals surface area contributed by atoms with Crippen LogP contribution >= 0.6 is 11.8 Å². The molecule has 0 radical (unpaired) electrons. The number of benzene rings is 2. The van der Waals surface area contributed by atoms with Crippen LogP contribution < -0.4 is 10.6 Å². The third-order valence-electron chi connectivity index (χ3n) is 9.20. The summed E-state index contributed by atoms with van der Waals surface area (Å²) in [6.45, 7) is 12.7. The van der Waals surface area contributed by atoms with E-state index in [1.807, 2.05) is 76.2 Å². The third kappa shape index (κ3) is 7.60. The van der Waals surface area contributed by atoms with Crippen molar-refractivity contribution in [3.8, 4) is 0 Å². The highest BCUT2D eigenvalue weighted by molar-refractivity contribution is 8.00. The van der Waals surface area contributed by atoms with E-state index in [0.717, 1.165) is 34.2 Å². The van der Waals surface area contributed by atoms with E-state index < -0.39 is 41.0 Å². The van der Waals surface area contributed by atoms with E-state index in [-0.39, 0.29) is 37.0 Å². The zero-order valence-electron chi connectivity index (χ0n) is 27.0. The minimum atomic E-state index is -1.63. The Morgan fingerprint density at radius 3 is 2.52 bits per heavy atom. The molecule has 0 bridgehead atoms. The van der Waals surface area contributed by atoms with Crippen LogP contribution in [-0.4, -0.2) is 82.3 Å². The molecular formula is C35H45N3O7S. The number of allylic oxidation sites excluding steroid dienone is 1. The third-order valence-corrected chi connectivity index (χ3v) is 10.6. The minimum Gasteiger partial charge on any atom is -0.443 e. The Labute approximate surface area is 275 Å². The molecule has 0 aromatic heterocycles. The first kappa shape index (κ1) is 34.0. The molecule has 3 N–H and O–H groups in total. The Bertz CT molecular complexity index is 1410. The van der Waals surface area contributed by atoms with Gasteiger partial charge in [0.25, 0.3) is 5.91 Å². The number of nitrogens with zero attached hydrogens (tertiary/aromatic N) is 1. The van der Waals surface area contributed by atoms with Crippen molar-refractivity contribution in [3.05, 3.63) is 82.9 Å². The summed E-state index contributed by atoms with van der Waals surface area (Å²) in [5.41, 5.74) is 5.06. The van der Waals surface area contributed by atoms with Crippen molar-refractivity contribution in [2.75, 3.05) is 19.1 Å². The van der Waals surface area contributed by atoms with E-state index in [1.165, 1.54) is 16.7 Å². The fraction of sp³-hybridized carbons (Fsp3) is 0.514. The number of hydrogen-bond acceptors (Lipinski definition) is 8. The minimum absolute atomic E-state index is 0.0558. The maximum Gasteiger partial charge on any atom is 0.407 e. The summed E-state index contributed by atoms with van der Waals surface area (Å²) >= 11 is 1.47. The lowest BCUT2D eigenvalue weighted by Crippen LogP contribution is -2.58. The van der Waals surface area contributed by atoms with Crippen LogP contribution in [0.4, 0.5) is 4.79 Å². The summed E-state index contributed by atoms with van der Waals surface area (Å²) in [7, 11) is 0. The van der Waals surface area contributed by atoms with E-state index in [0.29, 0.717) is 19.6 Å². The van der Waals surface area contributed by atoms with Gasteiger partial charge < -0.3 is 34.9 Å². The van der Waals surface area contributed by atoms with Crippen molar-refractivity contribution in [2.24, 2.45) is 5.92 Å². The van der Waals surface area contributed by atoms with E-state index in [2.05, 4.69) is 17.2 Å². The summed E-state index contributed by atoms with van der Waals surface area (Å²) in [6.07, 6.45) is 0.157. The van der Waals surface area contributed by atoms with Gasteiger partial charge >= 0.3 is 6.09 Å². The van der Waals surface area contributed by atoms with E-state index in [4.69, 9.17) is 14.2 Å². The molecule has 3 aliphatic rings. The van der Waals surface area contributed by atoms with Gasteiger partial charge in [-0.3, -0.25) is 9.59 Å². The van der Waals surface area contributed by atoms with Gasteiger partial charge in [-0.2, -0.15) is 0 Å². The van der Waals surface area contributed by atoms with Crippen LogP contribution in [0, 0.1) is 19.8 Å². The molecule has 46 heavy (non-hydrogen) atoms. The standard InChI is InChI=1S/C35H45N3O7S/c1-6-8-23-11-13-24(14-12-23)17-27(37-34(42)45-28-19-44-33-25(28)15-16-43-33)29(39)32(41)38-20-46-35(4,5)30(38)31(40)36-18-26-21(2)9-7-10-22(26)3/h6-7,9-14,25,27-30,33,39H,1,8,15-20H2,2-5H3,(H,36,40)(H,37,42)/t25-,27+,28-,29+,30-,33+/m1/s1. The van der Waals surface area contributed by atoms with Gasteiger partial charge in [0.1, 0.15) is 12.1 Å². The molecule has 0 saturated carbocycles. The van der Waals surface area contributed by atoms with Crippen molar-refractivity contribution in [1.29, 1.82) is 0 Å². The number of alkyl carbamates (subject to hydrolysis) is 1. The molecule has 2 aromatic rings. The number of aliphatic hydroxyl groups is 1. The van der Waals surface area contributed by atoms with Crippen LogP contribution in [0.2, 0.25) is 0 Å². The SMILES string of the molecule is C=CCc1ccc(C[C@H](NC(=O)O[C@@H]2CO[C@@H]3OCC[C@@H]32)[C@H](O)C(=O)N2CSC(C)(C)[C@H]2C(=O)NCc2c(C)cccc2C)cc1. The molecule has 248 valence electrons. The van der Waals surface area contributed by atoms with Gasteiger partial charge in [0, 0.05) is 11.3 Å². The fourth-order valence-electron chi connectivity index (χ4n) is 6.50. The predicted molar refractivity (Wildman–Crippen MR) is 176 cm³/mol. The Hall–Kier alpha value is -3.38. The second kappa shape index (κ2) is 14.6. The molecular weight excluding hydrogens is 606 g/mol. The molecule has 11 heteroatoms. The van der Waals surface area contributed by atoms with E-state index in [9.17, 15) is 19.5 Å². The zero-order chi connectivity index (χ0) is 33.0. The first-order valence-electron chi connectivity index (χ1n) is 15.8. The van der Waals surface area contributed by atoms with Gasteiger partial charge in [-0.1, -0.05) is 48.5 Å². The van der Waals surface area contributed by atoms with Crippen molar-refractivity contribution in [1.82, 2.24) is 15.5 Å². The molecule has 0 aliphatic carbocycles. The summed E-state index contributed by atoms with van der Waals surface area (Å²) < 4.78 is 16.3. The number of fused-ring (bicyclic) bond motifs is 1. The molecule has 3 heterocycles. The zero-order valence-corrected chi connectivity index (χ0v) is 27.8. The molecule has 10 nitrogen and oxygen atoms in total. The van der Waals surface area contributed by atoms with Gasteiger partial charge in [0.2, 0.25) is 5.91 Å². The Balaban J connectivity index is 1.32. The van der Waals surface area contributed by atoms with Gasteiger partial charge in [-0.05, 0) is 74.8 Å². The van der Waals surface area contributed by atoms with Gasteiger partial charge in [0.15, 0.2) is 12.4 Å². The van der Waals surface area contributed by atoms with Crippen LogP contribution in [0.25, 0.3) is 0 Å². The normalized spacial score (nSPS) is 24.6. The van der Waals surface area contributed by atoms with E-state index in [1.54, 1.807) is 0 Å². The van der Waals surface area contributed by atoms with Crippen molar-refractivity contribution in [3.63, 3.8) is 0 Å².